The largest absolute Gasteiger partial charge is 0.493 e. The molecule has 4 heteroatoms. The van der Waals surface area contributed by atoms with Gasteiger partial charge in [-0.1, -0.05) is 42.5 Å². The van der Waals surface area contributed by atoms with Crippen LogP contribution in [-0.2, 0) is 0 Å². The summed E-state index contributed by atoms with van der Waals surface area (Å²) >= 11 is 0. The van der Waals surface area contributed by atoms with Gasteiger partial charge in [0, 0.05) is 5.56 Å². The van der Waals surface area contributed by atoms with Crippen LogP contribution in [0.15, 0.2) is 48.5 Å². The first-order valence-electron chi connectivity index (χ1n) is 5.49. The Kier molecular flexibility index (Phi) is 2.34. The van der Waals surface area contributed by atoms with Crippen molar-refractivity contribution in [3.63, 3.8) is 0 Å². The summed E-state index contributed by atoms with van der Waals surface area (Å²) < 4.78 is 0. The molecule has 0 unspecified atom stereocenters. The van der Waals surface area contributed by atoms with Gasteiger partial charge >= 0.3 is 0 Å². The topological polar surface area (TPSA) is 66.2 Å². The van der Waals surface area contributed by atoms with E-state index in [0.29, 0.717) is 5.82 Å². The molecule has 2 N–H and O–H groups in total. The first kappa shape index (κ1) is 10.5. The van der Waals surface area contributed by atoms with Gasteiger partial charge in [-0.15, -0.1) is 0 Å². The number of nitrogens with zero attached hydrogens (tertiary/aromatic N) is 2. The minimum atomic E-state index is -0.245. The van der Waals surface area contributed by atoms with Crippen LogP contribution in [0.3, 0.4) is 0 Å². The van der Waals surface area contributed by atoms with Crippen LogP contribution in [0.5, 0.6) is 11.8 Å². The fraction of sp³-hybridized carbons (Fsp3) is 0. The van der Waals surface area contributed by atoms with Gasteiger partial charge in [-0.05, 0) is 10.8 Å². The van der Waals surface area contributed by atoms with Crippen LogP contribution in [0.4, 0.5) is 0 Å². The highest BCUT2D eigenvalue weighted by Gasteiger charge is 2.08. The molecule has 0 saturated heterocycles. The first-order valence-corrected chi connectivity index (χ1v) is 5.49. The molecule has 0 aliphatic rings. The quantitative estimate of drug-likeness (QED) is 0.684. The lowest BCUT2D eigenvalue weighted by Gasteiger charge is -2.05. The average molecular weight is 238 g/mol. The fourth-order valence-electron chi connectivity index (χ4n) is 1.96. The highest BCUT2D eigenvalue weighted by Crippen LogP contribution is 2.28. The van der Waals surface area contributed by atoms with Crippen molar-refractivity contribution >= 4 is 10.8 Å². The summed E-state index contributed by atoms with van der Waals surface area (Å²) in [7, 11) is 0. The molecular formula is C14H10N2O2. The molecule has 0 bridgehead atoms. The van der Waals surface area contributed by atoms with Crippen molar-refractivity contribution in [1.82, 2.24) is 9.97 Å². The zero-order chi connectivity index (χ0) is 12.5. The third-order valence-corrected chi connectivity index (χ3v) is 2.73. The molecule has 2 aromatic carbocycles. The number of aromatic nitrogens is 2. The zero-order valence-electron chi connectivity index (χ0n) is 9.41. The number of hydrogen-bond acceptors (Lipinski definition) is 4. The van der Waals surface area contributed by atoms with Gasteiger partial charge < -0.3 is 10.2 Å². The minimum Gasteiger partial charge on any atom is -0.493 e. The van der Waals surface area contributed by atoms with Crippen LogP contribution in [0, 0.1) is 0 Å². The van der Waals surface area contributed by atoms with E-state index >= 15 is 0 Å². The van der Waals surface area contributed by atoms with E-state index in [1.807, 2.05) is 42.5 Å². The summed E-state index contributed by atoms with van der Waals surface area (Å²) in [6, 6.07) is 14.7. The molecule has 0 aliphatic carbocycles. The average Bonchev–Trinajstić information content (AvgIpc) is 2.37. The third kappa shape index (κ3) is 1.73. The molecule has 0 aliphatic heterocycles. The standard InChI is InChI=1S/C14H10N2O2/c17-12-8-13(18)16-14(15-12)11-7-3-5-9-4-1-2-6-10(9)11/h1-8H,(H2,15,16,17,18). The lowest BCUT2D eigenvalue weighted by atomic mass is 10.0. The van der Waals surface area contributed by atoms with Crippen LogP contribution in [0.1, 0.15) is 0 Å². The van der Waals surface area contributed by atoms with E-state index in [9.17, 15) is 10.2 Å². The third-order valence-electron chi connectivity index (χ3n) is 2.73. The summed E-state index contributed by atoms with van der Waals surface area (Å²) in [5.74, 6) is -0.180. The Balaban J connectivity index is 2.31. The maximum absolute atomic E-state index is 9.42. The molecule has 0 spiro atoms. The first-order chi connectivity index (χ1) is 8.74. The van der Waals surface area contributed by atoms with Crippen molar-refractivity contribution in [3.8, 4) is 23.1 Å². The molecule has 0 radical (unpaired) electrons. The lowest BCUT2D eigenvalue weighted by Crippen LogP contribution is -1.90. The minimum absolute atomic E-state index is 0.245. The predicted molar refractivity (Wildman–Crippen MR) is 68.3 cm³/mol. The Bertz CT molecular complexity index is 700. The van der Waals surface area contributed by atoms with E-state index in [1.54, 1.807) is 0 Å². The van der Waals surface area contributed by atoms with Gasteiger partial charge in [0.2, 0.25) is 11.8 Å². The number of aromatic hydroxyl groups is 2. The molecule has 3 rings (SSSR count). The Hall–Kier alpha value is -2.62. The molecule has 18 heavy (non-hydrogen) atoms. The van der Waals surface area contributed by atoms with Crippen LogP contribution < -0.4 is 0 Å². The molecular weight excluding hydrogens is 228 g/mol. The summed E-state index contributed by atoms with van der Waals surface area (Å²) in [4.78, 5) is 7.88. The van der Waals surface area contributed by atoms with Gasteiger partial charge in [-0.3, -0.25) is 0 Å². The maximum atomic E-state index is 9.42. The van der Waals surface area contributed by atoms with Gasteiger partial charge in [-0.2, -0.15) is 9.97 Å². The van der Waals surface area contributed by atoms with Crippen LogP contribution in [0.2, 0.25) is 0 Å². The van der Waals surface area contributed by atoms with E-state index in [0.717, 1.165) is 22.4 Å². The van der Waals surface area contributed by atoms with E-state index in [1.165, 1.54) is 0 Å². The SMILES string of the molecule is Oc1cc(O)nc(-c2cccc3ccccc23)n1. The second-order valence-corrected chi connectivity index (χ2v) is 3.93. The number of benzene rings is 2. The van der Waals surface area contributed by atoms with Crippen molar-refractivity contribution in [2.45, 2.75) is 0 Å². The monoisotopic (exact) mass is 238 g/mol. The van der Waals surface area contributed by atoms with Crippen molar-refractivity contribution in [1.29, 1.82) is 0 Å². The van der Waals surface area contributed by atoms with Gasteiger partial charge in [-0.25, -0.2) is 0 Å². The Morgan fingerprint density at radius 2 is 1.44 bits per heavy atom. The molecule has 0 saturated carbocycles. The molecule has 0 amide bonds. The van der Waals surface area contributed by atoms with Gasteiger partial charge in [0.05, 0.1) is 6.07 Å². The Morgan fingerprint density at radius 3 is 2.22 bits per heavy atom. The lowest BCUT2D eigenvalue weighted by molar-refractivity contribution is 0.423. The van der Waals surface area contributed by atoms with Crippen molar-refractivity contribution in [2.75, 3.05) is 0 Å². The summed E-state index contributed by atoms with van der Waals surface area (Å²) in [6.45, 7) is 0. The highest BCUT2D eigenvalue weighted by atomic mass is 16.3. The maximum Gasteiger partial charge on any atom is 0.218 e. The van der Waals surface area contributed by atoms with Crippen molar-refractivity contribution in [2.24, 2.45) is 0 Å². The van der Waals surface area contributed by atoms with Gasteiger partial charge in [0.1, 0.15) is 0 Å². The van der Waals surface area contributed by atoms with E-state index < -0.39 is 0 Å². The van der Waals surface area contributed by atoms with E-state index in [2.05, 4.69) is 9.97 Å². The molecule has 1 heterocycles. The van der Waals surface area contributed by atoms with Crippen molar-refractivity contribution < 1.29 is 10.2 Å². The van der Waals surface area contributed by atoms with E-state index in [4.69, 9.17) is 0 Å². The summed E-state index contributed by atoms with van der Waals surface area (Å²) in [5.41, 5.74) is 0.777. The highest BCUT2D eigenvalue weighted by molar-refractivity contribution is 5.95. The van der Waals surface area contributed by atoms with Crippen LogP contribution in [0.25, 0.3) is 22.2 Å². The molecule has 0 atom stereocenters. The normalized spacial score (nSPS) is 10.7. The summed E-state index contributed by atoms with van der Waals surface area (Å²) in [5, 5.41) is 20.9. The zero-order valence-corrected chi connectivity index (χ0v) is 9.41. The second kappa shape index (κ2) is 4.00. The predicted octanol–water partition coefficient (Wildman–Crippen LogP) is 2.71. The molecule has 88 valence electrons. The summed E-state index contributed by atoms with van der Waals surface area (Å²) in [6.07, 6.45) is 0. The Morgan fingerprint density at radius 1 is 0.778 bits per heavy atom. The van der Waals surface area contributed by atoms with Crippen molar-refractivity contribution in [3.05, 3.63) is 48.5 Å². The van der Waals surface area contributed by atoms with Crippen LogP contribution in [-0.4, -0.2) is 20.2 Å². The smallest absolute Gasteiger partial charge is 0.218 e. The van der Waals surface area contributed by atoms with E-state index in [-0.39, 0.29) is 11.8 Å². The molecule has 0 fully saturated rings. The molecule has 1 aromatic heterocycles. The number of rotatable bonds is 1. The van der Waals surface area contributed by atoms with Gasteiger partial charge in [0.15, 0.2) is 5.82 Å². The number of hydrogen-bond donors (Lipinski definition) is 2. The molecule has 4 nitrogen and oxygen atoms in total. The Labute approximate surface area is 103 Å². The second-order valence-electron chi connectivity index (χ2n) is 3.93. The fourth-order valence-corrected chi connectivity index (χ4v) is 1.96. The van der Waals surface area contributed by atoms with Crippen LogP contribution >= 0.6 is 0 Å². The van der Waals surface area contributed by atoms with Gasteiger partial charge in [0.25, 0.3) is 0 Å². The molecule has 3 aromatic rings. The number of fused-ring (bicyclic) bond motifs is 1.